The van der Waals surface area contributed by atoms with Gasteiger partial charge >= 0.3 is 0 Å². The molecule has 3 nitrogen and oxygen atoms in total. The molecule has 0 amide bonds. The van der Waals surface area contributed by atoms with Crippen LogP contribution in [0.25, 0.3) is 0 Å². The highest BCUT2D eigenvalue weighted by atomic mass is 79.9. The molecule has 1 atom stereocenters. The number of hydrogen-bond acceptors (Lipinski definition) is 3. The molecule has 1 aliphatic rings. The molecule has 0 radical (unpaired) electrons. The number of ether oxygens (including phenoxy) is 2. The van der Waals surface area contributed by atoms with Crippen molar-refractivity contribution < 1.29 is 14.6 Å². The number of halogens is 1. The van der Waals surface area contributed by atoms with Crippen LogP contribution in [0.3, 0.4) is 0 Å². The molecular formula is C12H15BrO3. The van der Waals surface area contributed by atoms with Crippen molar-refractivity contribution in [2.45, 2.75) is 19.3 Å². The SMILES string of the molecule is COc1cc(C(C)CO)c(Br)c2c1OCC2. The molecule has 0 aliphatic carbocycles. The molecule has 0 spiro atoms. The molecule has 0 saturated carbocycles. The second-order valence-electron chi connectivity index (χ2n) is 3.97. The third-order valence-corrected chi connectivity index (χ3v) is 3.86. The summed E-state index contributed by atoms with van der Waals surface area (Å²) in [7, 11) is 1.64. The van der Waals surface area contributed by atoms with Crippen LogP contribution in [0.15, 0.2) is 10.5 Å². The van der Waals surface area contributed by atoms with Crippen molar-refractivity contribution in [3.05, 3.63) is 21.7 Å². The Hall–Kier alpha value is -0.740. The molecule has 1 aromatic rings. The average Bonchev–Trinajstić information content (AvgIpc) is 2.78. The van der Waals surface area contributed by atoms with Gasteiger partial charge in [-0.25, -0.2) is 0 Å². The summed E-state index contributed by atoms with van der Waals surface area (Å²) in [6.45, 7) is 2.81. The minimum atomic E-state index is 0.0918. The standard InChI is InChI=1S/C12H15BrO3/c1-7(6-14)9-5-10(15-2)12-8(11(9)13)3-4-16-12/h5,7,14H,3-4,6H2,1-2H3. The van der Waals surface area contributed by atoms with Gasteiger partial charge in [0, 0.05) is 29.0 Å². The Labute approximate surface area is 104 Å². The molecule has 4 heteroatoms. The molecular weight excluding hydrogens is 272 g/mol. The third-order valence-electron chi connectivity index (χ3n) is 2.93. The number of benzene rings is 1. The van der Waals surface area contributed by atoms with Gasteiger partial charge in [0.15, 0.2) is 11.5 Å². The fraction of sp³-hybridized carbons (Fsp3) is 0.500. The van der Waals surface area contributed by atoms with Crippen LogP contribution in [0.2, 0.25) is 0 Å². The van der Waals surface area contributed by atoms with Crippen LogP contribution in [0.1, 0.15) is 24.0 Å². The van der Waals surface area contributed by atoms with E-state index in [1.807, 2.05) is 13.0 Å². The highest BCUT2D eigenvalue weighted by molar-refractivity contribution is 9.10. The van der Waals surface area contributed by atoms with E-state index in [0.29, 0.717) is 6.61 Å². The lowest BCUT2D eigenvalue weighted by Gasteiger charge is -2.16. The number of rotatable bonds is 3. The Morgan fingerprint density at radius 2 is 2.38 bits per heavy atom. The van der Waals surface area contributed by atoms with Crippen molar-refractivity contribution in [1.82, 2.24) is 0 Å². The van der Waals surface area contributed by atoms with Crippen LogP contribution < -0.4 is 9.47 Å². The lowest BCUT2D eigenvalue weighted by Crippen LogP contribution is -2.02. The maximum absolute atomic E-state index is 9.23. The Morgan fingerprint density at radius 3 is 3.00 bits per heavy atom. The fourth-order valence-corrected chi connectivity index (χ4v) is 2.82. The van der Waals surface area contributed by atoms with E-state index < -0.39 is 0 Å². The normalized spacial score (nSPS) is 15.5. The van der Waals surface area contributed by atoms with Crippen LogP contribution in [0.4, 0.5) is 0 Å². The highest BCUT2D eigenvalue weighted by Gasteiger charge is 2.24. The molecule has 1 aliphatic heterocycles. The second kappa shape index (κ2) is 4.63. The minimum absolute atomic E-state index is 0.0918. The Kier molecular flexibility index (Phi) is 3.40. The van der Waals surface area contributed by atoms with Crippen molar-refractivity contribution in [2.75, 3.05) is 20.3 Å². The number of aliphatic hydroxyl groups is 1. The van der Waals surface area contributed by atoms with Crippen LogP contribution in [0, 0.1) is 0 Å². The molecule has 0 bridgehead atoms. The molecule has 0 aromatic heterocycles. The largest absolute Gasteiger partial charge is 0.493 e. The Bertz CT molecular complexity index is 404. The van der Waals surface area contributed by atoms with Crippen LogP contribution in [-0.2, 0) is 6.42 Å². The maximum atomic E-state index is 9.23. The van der Waals surface area contributed by atoms with E-state index in [1.54, 1.807) is 7.11 Å². The molecule has 16 heavy (non-hydrogen) atoms. The van der Waals surface area contributed by atoms with Gasteiger partial charge in [-0.15, -0.1) is 0 Å². The first-order valence-corrected chi connectivity index (χ1v) is 6.11. The summed E-state index contributed by atoms with van der Waals surface area (Å²) in [4.78, 5) is 0. The lowest BCUT2D eigenvalue weighted by molar-refractivity contribution is 0.272. The first kappa shape index (κ1) is 11.7. The first-order valence-electron chi connectivity index (χ1n) is 5.32. The monoisotopic (exact) mass is 286 g/mol. The van der Waals surface area contributed by atoms with E-state index >= 15 is 0 Å². The van der Waals surface area contributed by atoms with Crippen molar-refractivity contribution in [3.8, 4) is 11.5 Å². The van der Waals surface area contributed by atoms with Gasteiger partial charge in [0.2, 0.25) is 0 Å². The second-order valence-corrected chi connectivity index (χ2v) is 4.76. The Morgan fingerprint density at radius 1 is 1.62 bits per heavy atom. The first-order chi connectivity index (χ1) is 7.69. The topological polar surface area (TPSA) is 38.7 Å². The number of aliphatic hydroxyl groups excluding tert-OH is 1. The van der Waals surface area contributed by atoms with Crippen LogP contribution >= 0.6 is 15.9 Å². The zero-order valence-electron chi connectivity index (χ0n) is 9.42. The summed E-state index contributed by atoms with van der Waals surface area (Å²) in [6.07, 6.45) is 0.887. The van der Waals surface area contributed by atoms with Crippen molar-refractivity contribution >= 4 is 15.9 Å². The summed E-state index contributed by atoms with van der Waals surface area (Å²) < 4.78 is 11.9. The zero-order valence-corrected chi connectivity index (χ0v) is 11.0. The van der Waals surface area contributed by atoms with Gasteiger partial charge in [-0.3, -0.25) is 0 Å². The van der Waals surface area contributed by atoms with E-state index in [4.69, 9.17) is 9.47 Å². The predicted octanol–water partition coefficient (Wildman–Crippen LogP) is 2.49. The van der Waals surface area contributed by atoms with Gasteiger partial charge < -0.3 is 14.6 Å². The van der Waals surface area contributed by atoms with E-state index in [9.17, 15) is 5.11 Å². The minimum Gasteiger partial charge on any atom is -0.493 e. The zero-order chi connectivity index (χ0) is 11.7. The molecule has 0 saturated heterocycles. The summed E-state index contributed by atoms with van der Waals surface area (Å²) >= 11 is 3.59. The molecule has 88 valence electrons. The van der Waals surface area contributed by atoms with E-state index in [-0.39, 0.29) is 12.5 Å². The number of hydrogen-bond donors (Lipinski definition) is 1. The van der Waals surface area contributed by atoms with Crippen LogP contribution in [0.5, 0.6) is 11.5 Å². The summed E-state index contributed by atoms with van der Waals surface area (Å²) in [5.74, 6) is 1.68. The number of methoxy groups -OCH3 is 1. The van der Waals surface area contributed by atoms with Gasteiger partial charge in [-0.1, -0.05) is 22.9 Å². The maximum Gasteiger partial charge on any atom is 0.165 e. The van der Waals surface area contributed by atoms with E-state index in [2.05, 4.69) is 15.9 Å². The molecule has 1 N–H and O–H groups in total. The van der Waals surface area contributed by atoms with Crippen molar-refractivity contribution in [2.24, 2.45) is 0 Å². The van der Waals surface area contributed by atoms with E-state index in [0.717, 1.165) is 33.5 Å². The molecule has 2 rings (SSSR count). The lowest BCUT2D eigenvalue weighted by atomic mass is 9.98. The van der Waals surface area contributed by atoms with Gasteiger partial charge in [0.05, 0.1) is 13.7 Å². The van der Waals surface area contributed by atoms with Gasteiger partial charge in [-0.2, -0.15) is 0 Å². The molecule has 1 aromatic carbocycles. The molecule has 1 heterocycles. The van der Waals surface area contributed by atoms with Gasteiger partial charge in [0.1, 0.15) is 0 Å². The van der Waals surface area contributed by atoms with E-state index in [1.165, 1.54) is 0 Å². The molecule has 1 unspecified atom stereocenters. The highest BCUT2D eigenvalue weighted by Crippen LogP contribution is 2.44. The van der Waals surface area contributed by atoms with Crippen molar-refractivity contribution in [1.29, 1.82) is 0 Å². The third kappa shape index (κ3) is 1.80. The van der Waals surface area contributed by atoms with Gasteiger partial charge in [0.25, 0.3) is 0 Å². The summed E-state index contributed by atoms with van der Waals surface area (Å²) in [6, 6.07) is 1.94. The smallest absolute Gasteiger partial charge is 0.165 e. The van der Waals surface area contributed by atoms with Crippen molar-refractivity contribution in [3.63, 3.8) is 0 Å². The van der Waals surface area contributed by atoms with Crippen LogP contribution in [-0.4, -0.2) is 25.4 Å². The summed E-state index contributed by atoms with van der Waals surface area (Å²) in [5.41, 5.74) is 2.22. The predicted molar refractivity (Wildman–Crippen MR) is 65.4 cm³/mol. The quantitative estimate of drug-likeness (QED) is 0.928. The average molecular weight is 287 g/mol. The van der Waals surface area contributed by atoms with Gasteiger partial charge in [-0.05, 0) is 11.6 Å². The Balaban J connectivity index is 2.55. The summed E-state index contributed by atoms with van der Waals surface area (Å²) in [5, 5.41) is 9.23. The fourth-order valence-electron chi connectivity index (χ4n) is 1.94. The molecule has 0 fully saturated rings. The number of fused-ring (bicyclic) bond motifs is 1.